The third kappa shape index (κ3) is 3.44. The van der Waals surface area contributed by atoms with Crippen LogP contribution in [0.25, 0.3) is 10.9 Å². The van der Waals surface area contributed by atoms with Crippen LogP contribution in [-0.2, 0) is 4.74 Å². The number of aromatic nitrogens is 1. The number of carbonyl (C=O) groups excluding carboxylic acids is 1. The Kier molecular flexibility index (Phi) is 5.10. The SMILES string of the molecule is COc1ccc2cc(C(=O)NC(C)C3(N4CCOCC4)CCCC3)[nH]c2c1. The van der Waals surface area contributed by atoms with E-state index in [4.69, 9.17) is 9.47 Å². The number of methoxy groups -OCH3 is 1. The van der Waals surface area contributed by atoms with Gasteiger partial charge in [-0.25, -0.2) is 0 Å². The second-order valence-corrected chi connectivity index (χ2v) is 7.74. The van der Waals surface area contributed by atoms with E-state index in [1.165, 1.54) is 12.8 Å². The maximum atomic E-state index is 12.9. The number of ether oxygens (including phenoxy) is 2. The van der Waals surface area contributed by atoms with E-state index in [1.54, 1.807) is 7.11 Å². The van der Waals surface area contributed by atoms with Gasteiger partial charge in [0.15, 0.2) is 0 Å². The summed E-state index contributed by atoms with van der Waals surface area (Å²) >= 11 is 0. The van der Waals surface area contributed by atoms with Gasteiger partial charge in [-0.3, -0.25) is 9.69 Å². The maximum Gasteiger partial charge on any atom is 0.268 e. The molecule has 1 aromatic heterocycles. The fraction of sp³-hybridized carbons (Fsp3) is 0.571. The Morgan fingerprint density at radius 1 is 1.26 bits per heavy atom. The highest BCUT2D eigenvalue weighted by Crippen LogP contribution is 2.38. The topological polar surface area (TPSA) is 66.6 Å². The molecule has 2 fully saturated rings. The maximum absolute atomic E-state index is 12.9. The van der Waals surface area contributed by atoms with E-state index in [2.05, 4.69) is 22.1 Å². The monoisotopic (exact) mass is 371 g/mol. The van der Waals surface area contributed by atoms with Gasteiger partial charge >= 0.3 is 0 Å². The number of morpholine rings is 1. The van der Waals surface area contributed by atoms with Crippen LogP contribution in [0.2, 0.25) is 0 Å². The molecule has 1 saturated carbocycles. The minimum Gasteiger partial charge on any atom is -0.497 e. The summed E-state index contributed by atoms with van der Waals surface area (Å²) in [4.78, 5) is 18.7. The first-order valence-corrected chi connectivity index (χ1v) is 9.93. The number of nitrogens with one attached hydrogen (secondary N) is 2. The normalized spacial score (nSPS) is 21.3. The molecule has 1 aliphatic heterocycles. The van der Waals surface area contributed by atoms with Crippen molar-refractivity contribution in [3.63, 3.8) is 0 Å². The molecule has 146 valence electrons. The van der Waals surface area contributed by atoms with Crippen LogP contribution in [0, 0.1) is 0 Å². The van der Waals surface area contributed by atoms with Gasteiger partial charge in [-0.2, -0.15) is 0 Å². The zero-order valence-electron chi connectivity index (χ0n) is 16.2. The number of rotatable bonds is 5. The molecular formula is C21H29N3O3. The summed E-state index contributed by atoms with van der Waals surface area (Å²) in [5.74, 6) is 0.735. The molecule has 1 aliphatic carbocycles. The molecule has 2 aliphatic rings. The number of nitrogens with zero attached hydrogens (tertiary/aromatic N) is 1. The summed E-state index contributed by atoms with van der Waals surface area (Å²) in [6.07, 6.45) is 4.73. The van der Waals surface area contributed by atoms with E-state index in [1.807, 2.05) is 24.3 Å². The fourth-order valence-electron chi connectivity index (χ4n) is 4.78. The number of H-pyrrole nitrogens is 1. The van der Waals surface area contributed by atoms with Gasteiger partial charge in [-0.1, -0.05) is 12.8 Å². The molecule has 1 atom stereocenters. The Labute approximate surface area is 160 Å². The quantitative estimate of drug-likeness (QED) is 0.848. The van der Waals surface area contributed by atoms with Gasteiger partial charge in [0, 0.05) is 41.6 Å². The van der Waals surface area contributed by atoms with Gasteiger partial charge in [-0.05, 0) is 38.0 Å². The standard InChI is InChI=1S/C21H29N3O3/c1-15(21(7-3-4-8-21)24-9-11-27-12-10-24)22-20(25)19-13-16-5-6-17(26-2)14-18(16)23-19/h5-6,13-15,23H,3-4,7-12H2,1-2H3,(H,22,25). The molecule has 2 aromatic rings. The molecule has 27 heavy (non-hydrogen) atoms. The first-order valence-electron chi connectivity index (χ1n) is 9.93. The van der Waals surface area contributed by atoms with Crippen LogP contribution in [0.1, 0.15) is 43.1 Å². The van der Waals surface area contributed by atoms with E-state index >= 15 is 0 Å². The Balaban J connectivity index is 1.52. The molecule has 4 rings (SSSR count). The van der Waals surface area contributed by atoms with Crippen LogP contribution in [-0.4, -0.2) is 60.8 Å². The average molecular weight is 371 g/mol. The third-order valence-electron chi connectivity index (χ3n) is 6.34. The molecule has 2 N–H and O–H groups in total. The molecule has 2 heterocycles. The lowest BCUT2D eigenvalue weighted by Crippen LogP contribution is -2.62. The van der Waals surface area contributed by atoms with E-state index < -0.39 is 0 Å². The second kappa shape index (κ2) is 7.52. The number of aromatic amines is 1. The smallest absolute Gasteiger partial charge is 0.268 e. The Morgan fingerprint density at radius 2 is 2.00 bits per heavy atom. The number of hydrogen-bond acceptors (Lipinski definition) is 4. The van der Waals surface area contributed by atoms with E-state index in [9.17, 15) is 4.79 Å². The number of benzene rings is 1. The lowest BCUT2D eigenvalue weighted by atomic mass is 9.86. The predicted molar refractivity (Wildman–Crippen MR) is 105 cm³/mol. The minimum atomic E-state index is -0.0443. The Hall–Kier alpha value is -2.05. The first-order chi connectivity index (χ1) is 13.1. The van der Waals surface area contributed by atoms with E-state index in [0.29, 0.717) is 5.69 Å². The van der Waals surface area contributed by atoms with Gasteiger partial charge in [0.25, 0.3) is 5.91 Å². The summed E-state index contributed by atoms with van der Waals surface area (Å²) in [6.45, 7) is 5.63. The summed E-state index contributed by atoms with van der Waals surface area (Å²) in [6, 6.07) is 7.80. The number of fused-ring (bicyclic) bond motifs is 1. The predicted octanol–water partition coefficient (Wildman–Crippen LogP) is 2.94. The van der Waals surface area contributed by atoms with Crippen LogP contribution < -0.4 is 10.1 Å². The van der Waals surface area contributed by atoms with Crippen LogP contribution >= 0.6 is 0 Å². The lowest BCUT2D eigenvalue weighted by molar-refractivity contribution is -0.0323. The van der Waals surface area contributed by atoms with Crippen molar-refractivity contribution in [1.29, 1.82) is 0 Å². The molecule has 0 bridgehead atoms. The largest absolute Gasteiger partial charge is 0.497 e. The lowest BCUT2D eigenvalue weighted by Gasteiger charge is -2.47. The molecule has 1 amide bonds. The molecular weight excluding hydrogens is 342 g/mol. The zero-order valence-corrected chi connectivity index (χ0v) is 16.2. The zero-order chi connectivity index (χ0) is 18.9. The highest BCUT2D eigenvalue weighted by molar-refractivity contribution is 5.98. The van der Waals surface area contributed by atoms with Crippen LogP contribution in [0.4, 0.5) is 0 Å². The van der Waals surface area contributed by atoms with E-state index in [-0.39, 0.29) is 17.5 Å². The summed E-state index contributed by atoms with van der Waals surface area (Å²) < 4.78 is 10.8. The van der Waals surface area contributed by atoms with Gasteiger partial charge in [0.1, 0.15) is 11.4 Å². The van der Waals surface area contributed by atoms with Gasteiger partial charge in [-0.15, -0.1) is 0 Å². The number of hydrogen-bond donors (Lipinski definition) is 2. The number of amides is 1. The second-order valence-electron chi connectivity index (χ2n) is 7.74. The van der Waals surface area contributed by atoms with Crippen molar-refractivity contribution < 1.29 is 14.3 Å². The van der Waals surface area contributed by atoms with Gasteiger partial charge in [0.2, 0.25) is 0 Å². The van der Waals surface area contributed by atoms with Gasteiger partial charge < -0.3 is 19.8 Å². The van der Waals surface area contributed by atoms with Crippen molar-refractivity contribution >= 4 is 16.8 Å². The fourth-order valence-corrected chi connectivity index (χ4v) is 4.78. The molecule has 1 unspecified atom stereocenters. The number of carbonyl (C=O) groups is 1. The first kappa shape index (κ1) is 18.3. The minimum absolute atomic E-state index is 0.0443. The van der Waals surface area contributed by atoms with E-state index in [0.717, 1.165) is 55.8 Å². The molecule has 6 nitrogen and oxygen atoms in total. The summed E-state index contributed by atoms with van der Waals surface area (Å²) in [5, 5.41) is 4.29. The molecule has 1 saturated heterocycles. The Morgan fingerprint density at radius 3 is 2.70 bits per heavy atom. The molecule has 0 spiro atoms. The average Bonchev–Trinajstić information content (AvgIpc) is 3.36. The highest BCUT2D eigenvalue weighted by Gasteiger charge is 2.45. The van der Waals surface area contributed by atoms with Crippen molar-refractivity contribution in [2.45, 2.75) is 44.2 Å². The molecule has 6 heteroatoms. The highest BCUT2D eigenvalue weighted by atomic mass is 16.5. The molecule has 1 aromatic carbocycles. The summed E-state index contributed by atoms with van der Waals surface area (Å²) in [5.41, 5.74) is 1.56. The third-order valence-corrected chi connectivity index (χ3v) is 6.34. The van der Waals surface area contributed by atoms with Crippen molar-refractivity contribution in [3.05, 3.63) is 30.0 Å². The van der Waals surface area contributed by atoms with Crippen molar-refractivity contribution in [2.75, 3.05) is 33.4 Å². The van der Waals surface area contributed by atoms with Crippen LogP contribution in [0.3, 0.4) is 0 Å². The van der Waals surface area contributed by atoms with Crippen molar-refractivity contribution in [2.24, 2.45) is 0 Å². The molecule has 0 radical (unpaired) electrons. The van der Waals surface area contributed by atoms with Crippen LogP contribution in [0.15, 0.2) is 24.3 Å². The van der Waals surface area contributed by atoms with Crippen molar-refractivity contribution in [1.82, 2.24) is 15.2 Å². The van der Waals surface area contributed by atoms with Gasteiger partial charge in [0.05, 0.1) is 20.3 Å². The summed E-state index contributed by atoms with van der Waals surface area (Å²) in [7, 11) is 1.64. The van der Waals surface area contributed by atoms with Crippen molar-refractivity contribution in [3.8, 4) is 5.75 Å². The van der Waals surface area contributed by atoms with Crippen LogP contribution in [0.5, 0.6) is 5.75 Å². The Bertz CT molecular complexity index is 804.